The van der Waals surface area contributed by atoms with Gasteiger partial charge in [0.05, 0.1) is 20.0 Å². The fourth-order valence-corrected chi connectivity index (χ4v) is 1.86. The van der Waals surface area contributed by atoms with Gasteiger partial charge in [0, 0.05) is 0 Å². The van der Waals surface area contributed by atoms with Crippen molar-refractivity contribution >= 4 is 12.1 Å². The van der Waals surface area contributed by atoms with Gasteiger partial charge in [-0.05, 0) is 31.9 Å². The molecule has 1 unspecified atom stereocenters. The highest BCUT2D eigenvalue weighted by Gasteiger charge is 2.45. The van der Waals surface area contributed by atoms with Crippen LogP contribution in [0.5, 0.6) is 0 Å². The number of carbonyl (C=O) groups excluding carboxylic acids is 2. The summed E-state index contributed by atoms with van der Waals surface area (Å²) in [6.07, 6.45) is 3.11. The van der Waals surface area contributed by atoms with E-state index in [9.17, 15) is 9.59 Å². The number of allylic oxidation sites excluding steroid dienone is 1. The number of furan rings is 1. The molecule has 0 radical (unpaired) electrons. The lowest BCUT2D eigenvalue weighted by Gasteiger charge is -2.29. The Hall–Kier alpha value is -2.24. The van der Waals surface area contributed by atoms with Crippen molar-refractivity contribution < 1.29 is 23.5 Å². The molecular formula is C14H19NO5. The molecule has 1 N–H and O–H groups in total. The summed E-state index contributed by atoms with van der Waals surface area (Å²) in [6, 6.07) is 3.24. The van der Waals surface area contributed by atoms with Crippen LogP contribution in [0.4, 0.5) is 4.79 Å². The van der Waals surface area contributed by atoms with Crippen LogP contribution in [0.1, 0.15) is 25.5 Å². The molecule has 6 nitrogen and oxygen atoms in total. The summed E-state index contributed by atoms with van der Waals surface area (Å²) in [5.74, 6) is -0.332. The third-order valence-electron chi connectivity index (χ3n) is 2.79. The summed E-state index contributed by atoms with van der Waals surface area (Å²) >= 11 is 0. The molecule has 0 aromatic carbocycles. The van der Waals surface area contributed by atoms with Crippen LogP contribution in [0.2, 0.25) is 0 Å². The second-order valence-electron chi connectivity index (χ2n) is 4.05. The molecule has 0 saturated heterocycles. The highest BCUT2D eigenvalue weighted by Crippen LogP contribution is 2.29. The van der Waals surface area contributed by atoms with E-state index in [2.05, 4.69) is 11.9 Å². The molecule has 0 saturated carbocycles. The van der Waals surface area contributed by atoms with E-state index in [0.717, 1.165) is 0 Å². The third kappa shape index (κ3) is 3.40. The first-order chi connectivity index (χ1) is 9.60. The average molecular weight is 281 g/mol. The maximum atomic E-state index is 12.2. The summed E-state index contributed by atoms with van der Waals surface area (Å²) in [5, 5.41) is 2.54. The highest BCUT2D eigenvalue weighted by atomic mass is 16.6. The number of hydrogen-bond donors (Lipinski definition) is 1. The monoisotopic (exact) mass is 281 g/mol. The van der Waals surface area contributed by atoms with E-state index in [-0.39, 0.29) is 13.0 Å². The van der Waals surface area contributed by atoms with E-state index in [4.69, 9.17) is 13.9 Å². The van der Waals surface area contributed by atoms with Gasteiger partial charge in [0.15, 0.2) is 5.54 Å². The number of hydrogen-bond acceptors (Lipinski definition) is 5. The summed E-state index contributed by atoms with van der Waals surface area (Å²) in [7, 11) is 1.25. The largest absolute Gasteiger partial charge is 0.467 e. The molecule has 20 heavy (non-hydrogen) atoms. The fraction of sp³-hybridized carbons (Fsp3) is 0.429. The van der Waals surface area contributed by atoms with Gasteiger partial charge in [0.25, 0.3) is 0 Å². The average Bonchev–Trinajstić information content (AvgIpc) is 2.97. The van der Waals surface area contributed by atoms with Crippen molar-refractivity contribution in [2.45, 2.75) is 25.3 Å². The predicted octanol–water partition coefficient (Wildman–Crippen LogP) is 2.36. The van der Waals surface area contributed by atoms with Gasteiger partial charge < -0.3 is 13.9 Å². The van der Waals surface area contributed by atoms with Gasteiger partial charge in [-0.25, -0.2) is 9.59 Å². The van der Waals surface area contributed by atoms with Crippen LogP contribution >= 0.6 is 0 Å². The number of methoxy groups -OCH3 is 1. The Bertz CT molecular complexity index is 454. The molecule has 1 heterocycles. The van der Waals surface area contributed by atoms with Gasteiger partial charge in [-0.15, -0.1) is 6.58 Å². The van der Waals surface area contributed by atoms with Crippen molar-refractivity contribution in [3.05, 3.63) is 36.8 Å². The fourth-order valence-electron chi connectivity index (χ4n) is 1.86. The van der Waals surface area contributed by atoms with Crippen LogP contribution in [-0.4, -0.2) is 25.8 Å². The number of rotatable bonds is 7. The summed E-state index contributed by atoms with van der Waals surface area (Å²) in [5.41, 5.74) is -1.42. The molecule has 1 amide bonds. The number of carbonyl (C=O) groups is 2. The lowest BCUT2D eigenvalue weighted by Crippen LogP contribution is -2.52. The molecule has 0 aliphatic heterocycles. The Morgan fingerprint density at radius 2 is 2.30 bits per heavy atom. The Balaban J connectivity index is 3.15. The zero-order valence-electron chi connectivity index (χ0n) is 11.7. The molecule has 0 aliphatic rings. The molecule has 6 heteroatoms. The SMILES string of the molecule is C=CCCC(NC(=O)OCC)(C(=O)OC)c1ccco1. The minimum atomic E-state index is -1.42. The zero-order chi connectivity index (χ0) is 15.0. The third-order valence-corrected chi connectivity index (χ3v) is 2.79. The predicted molar refractivity (Wildman–Crippen MR) is 72.0 cm³/mol. The molecule has 0 aliphatic carbocycles. The lowest BCUT2D eigenvalue weighted by molar-refractivity contribution is -0.150. The summed E-state index contributed by atoms with van der Waals surface area (Å²) in [4.78, 5) is 23.9. The van der Waals surface area contributed by atoms with Crippen molar-refractivity contribution in [1.82, 2.24) is 5.32 Å². The van der Waals surface area contributed by atoms with Gasteiger partial charge in [-0.1, -0.05) is 6.08 Å². The van der Waals surface area contributed by atoms with Crippen LogP contribution in [0.25, 0.3) is 0 Å². The van der Waals surface area contributed by atoms with E-state index in [1.807, 2.05) is 0 Å². The zero-order valence-corrected chi connectivity index (χ0v) is 11.7. The van der Waals surface area contributed by atoms with Crippen LogP contribution in [0.15, 0.2) is 35.5 Å². The van der Waals surface area contributed by atoms with Crippen LogP contribution in [0.3, 0.4) is 0 Å². The van der Waals surface area contributed by atoms with E-state index in [0.29, 0.717) is 12.2 Å². The lowest BCUT2D eigenvalue weighted by atomic mass is 9.90. The Morgan fingerprint density at radius 1 is 1.55 bits per heavy atom. The van der Waals surface area contributed by atoms with Crippen LogP contribution in [0, 0.1) is 0 Å². The second kappa shape index (κ2) is 7.37. The molecule has 1 rings (SSSR count). The first kappa shape index (κ1) is 15.8. The van der Waals surface area contributed by atoms with Crippen molar-refractivity contribution in [2.24, 2.45) is 0 Å². The number of esters is 1. The van der Waals surface area contributed by atoms with Crippen molar-refractivity contribution in [3.8, 4) is 0 Å². The van der Waals surface area contributed by atoms with Gasteiger partial charge >= 0.3 is 12.1 Å². The summed E-state index contributed by atoms with van der Waals surface area (Å²) < 4.78 is 14.9. The Morgan fingerprint density at radius 3 is 2.80 bits per heavy atom. The molecule has 1 aromatic rings. The standard InChI is InChI=1S/C14H19NO5/c1-4-6-9-14(12(16)18-3,11-8-7-10-20-11)15-13(17)19-5-2/h4,7-8,10H,1,5-6,9H2,2-3H3,(H,15,17). The number of amides is 1. The van der Waals surface area contributed by atoms with Crippen LogP contribution < -0.4 is 5.32 Å². The second-order valence-corrected chi connectivity index (χ2v) is 4.05. The van der Waals surface area contributed by atoms with Crippen molar-refractivity contribution in [1.29, 1.82) is 0 Å². The van der Waals surface area contributed by atoms with E-state index in [1.54, 1.807) is 25.1 Å². The van der Waals surface area contributed by atoms with Crippen molar-refractivity contribution in [2.75, 3.05) is 13.7 Å². The van der Waals surface area contributed by atoms with E-state index >= 15 is 0 Å². The number of ether oxygens (including phenoxy) is 2. The molecule has 0 bridgehead atoms. The smallest absolute Gasteiger partial charge is 0.408 e. The highest BCUT2D eigenvalue weighted by molar-refractivity contribution is 5.86. The van der Waals surface area contributed by atoms with Crippen molar-refractivity contribution in [3.63, 3.8) is 0 Å². The van der Waals surface area contributed by atoms with Gasteiger partial charge in [0.1, 0.15) is 5.76 Å². The number of nitrogens with one attached hydrogen (secondary N) is 1. The van der Waals surface area contributed by atoms with Gasteiger partial charge in [-0.2, -0.15) is 0 Å². The molecular weight excluding hydrogens is 262 g/mol. The van der Waals surface area contributed by atoms with Gasteiger partial charge in [-0.3, -0.25) is 5.32 Å². The number of alkyl carbamates (subject to hydrolysis) is 1. The Kier molecular flexibility index (Phi) is 5.83. The normalized spacial score (nSPS) is 13.1. The first-order valence-corrected chi connectivity index (χ1v) is 6.29. The molecule has 0 spiro atoms. The molecule has 110 valence electrons. The first-order valence-electron chi connectivity index (χ1n) is 6.29. The van der Waals surface area contributed by atoms with E-state index in [1.165, 1.54) is 13.4 Å². The minimum absolute atomic E-state index is 0.197. The summed E-state index contributed by atoms with van der Waals surface area (Å²) in [6.45, 7) is 5.49. The molecule has 0 fully saturated rings. The maximum absolute atomic E-state index is 12.2. The van der Waals surface area contributed by atoms with Crippen LogP contribution in [-0.2, 0) is 19.8 Å². The molecule has 1 aromatic heterocycles. The quantitative estimate of drug-likeness (QED) is 0.613. The molecule has 1 atom stereocenters. The Labute approximate surface area is 117 Å². The van der Waals surface area contributed by atoms with Gasteiger partial charge in [0.2, 0.25) is 0 Å². The minimum Gasteiger partial charge on any atom is -0.467 e. The van der Waals surface area contributed by atoms with E-state index < -0.39 is 17.6 Å². The topological polar surface area (TPSA) is 77.8 Å². The maximum Gasteiger partial charge on any atom is 0.408 e.